The van der Waals surface area contributed by atoms with Crippen molar-refractivity contribution in [2.45, 2.75) is 0 Å². The van der Waals surface area contributed by atoms with E-state index in [4.69, 9.17) is 4.74 Å². The molecule has 2 aromatic rings. The first-order valence-electron chi connectivity index (χ1n) is 6.55. The molecular formula is C16H13F2NO4. The fourth-order valence-electron chi connectivity index (χ4n) is 1.78. The molecule has 0 atom stereocenters. The molecule has 120 valence electrons. The maximum absolute atomic E-state index is 13.0. The molecule has 1 amide bonds. The van der Waals surface area contributed by atoms with Gasteiger partial charge < -0.3 is 14.8 Å². The van der Waals surface area contributed by atoms with E-state index in [1.165, 1.54) is 31.4 Å². The van der Waals surface area contributed by atoms with Gasteiger partial charge in [-0.15, -0.1) is 0 Å². The van der Waals surface area contributed by atoms with Crippen LogP contribution in [0.2, 0.25) is 0 Å². The van der Waals surface area contributed by atoms with Crippen LogP contribution >= 0.6 is 0 Å². The van der Waals surface area contributed by atoms with Gasteiger partial charge in [0, 0.05) is 11.8 Å². The molecule has 2 aromatic carbocycles. The first kappa shape index (κ1) is 16.4. The lowest BCUT2D eigenvalue weighted by Crippen LogP contribution is -2.20. The third kappa shape index (κ3) is 4.77. The number of benzene rings is 2. The van der Waals surface area contributed by atoms with Crippen molar-refractivity contribution >= 4 is 17.6 Å². The summed E-state index contributed by atoms with van der Waals surface area (Å²) in [6.45, 7) is -0.351. The number of nitrogens with one attached hydrogen (secondary N) is 1. The molecule has 0 spiro atoms. The lowest BCUT2D eigenvalue weighted by atomic mass is 10.2. The van der Waals surface area contributed by atoms with Gasteiger partial charge in [-0.1, -0.05) is 0 Å². The van der Waals surface area contributed by atoms with E-state index in [0.29, 0.717) is 17.4 Å². The highest BCUT2D eigenvalue weighted by Crippen LogP contribution is 2.14. The first-order chi connectivity index (χ1) is 11.0. The van der Waals surface area contributed by atoms with Gasteiger partial charge in [-0.25, -0.2) is 13.6 Å². The highest BCUT2D eigenvalue weighted by Gasteiger charge is 2.08. The predicted molar refractivity (Wildman–Crippen MR) is 78.3 cm³/mol. The van der Waals surface area contributed by atoms with E-state index in [1.807, 2.05) is 0 Å². The van der Waals surface area contributed by atoms with Gasteiger partial charge >= 0.3 is 5.97 Å². The number of carbonyl (C=O) groups excluding carboxylic acids is 2. The van der Waals surface area contributed by atoms with Crippen molar-refractivity contribution in [1.82, 2.24) is 0 Å². The molecule has 0 unspecified atom stereocenters. The molecule has 0 aliphatic heterocycles. The van der Waals surface area contributed by atoms with Crippen molar-refractivity contribution in [3.05, 3.63) is 59.7 Å². The minimum atomic E-state index is -0.792. The van der Waals surface area contributed by atoms with E-state index in [-0.39, 0.29) is 12.3 Å². The van der Waals surface area contributed by atoms with Crippen LogP contribution in [0.4, 0.5) is 14.5 Å². The van der Waals surface area contributed by atoms with Gasteiger partial charge in [-0.3, -0.25) is 4.79 Å². The summed E-state index contributed by atoms with van der Waals surface area (Å²) in [6, 6.07) is 8.66. The zero-order valence-corrected chi connectivity index (χ0v) is 12.1. The van der Waals surface area contributed by atoms with Crippen molar-refractivity contribution in [3.8, 4) is 5.75 Å². The third-order valence-electron chi connectivity index (χ3n) is 2.79. The molecule has 23 heavy (non-hydrogen) atoms. The molecule has 1 N–H and O–H groups in total. The summed E-state index contributed by atoms with van der Waals surface area (Å²) < 4.78 is 35.8. The minimum absolute atomic E-state index is 0.00265. The fraction of sp³-hybridized carbons (Fsp3) is 0.125. The largest absolute Gasteiger partial charge is 0.484 e. The average Bonchev–Trinajstić information content (AvgIpc) is 2.51. The van der Waals surface area contributed by atoms with Crippen LogP contribution in [0.5, 0.6) is 5.75 Å². The molecule has 0 bridgehead atoms. The maximum atomic E-state index is 13.0. The van der Waals surface area contributed by atoms with Crippen LogP contribution in [0.1, 0.15) is 10.4 Å². The van der Waals surface area contributed by atoms with Gasteiger partial charge in [0.25, 0.3) is 5.91 Å². The maximum Gasteiger partial charge on any atom is 0.337 e. The Kier molecular flexibility index (Phi) is 5.24. The number of rotatable bonds is 5. The second-order valence-corrected chi connectivity index (χ2v) is 4.51. The molecule has 0 saturated carbocycles. The summed E-state index contributed by atoms with van der Waals surface area (Å²) >= 11 is 0. The Bertz CT molecular complexity index is 696. The number of amides is 1. The highest BCUT2D eigenvalue weighted by atomic mass is 19.1. The Morgan fingerprint density at radius 1 is 1.04 bits per heavy atom. The summed E-state index contributed by atoms with van der Waals surface area (Å²) in [7, 11) is 1.27. The molecule has 0 aliphatic carbocycles. The molecule has 7 heteroatoms. The zero-order valence-electron chi connectivity index (χ0n) is 12.1. The molecule has 0 saturated heterocycles. The molecule has 5 nitrogen and oxygen atoms in total. The van der Waals surface area contributed by atoms with E-state index in [9.17, 15) is 18.4 Å². The molecule has 0 fully saturated rings. The van der Waals surface area contributed by atoms with Gasteiger partial charge in [0.1, 0.15) is 17.4 Å². The molecule has 0 radical (unpaired) electrons. The number of anilines is 1. The average molecular weight is 321 g/mol. The van der Waals surface area contributed by atoms with E-state index >= 15 is 0 Å². The number of ether oxygens (including phenoxy) is 2. The normalized spacial score (nSPS) is 10.0. The van der Waals surface area contributed by atoms with Crippen molar-refractivity contribution in [2.75, 3.05) is 19.0 Å². The molecule has 0 aromatic heterocycles. The van der Waals surface area contributed by atoms with Crippen molar-refractivity contribution in [3.63, 3.8) is 0 Å². The summed E-state index contributed by atoms with van der Waals surface area (Å²) in [5.74, 6) is -2.29. The van der Waals surface area contributed by atoms with Crippen LogP contribution in [0, 0.1) is 11.6 Å². The molecular weight excluding hydrogens is 308 g/mol. The van der Waals surface area contributed by atoms with Gasteiger partial charge in [-0.05, 0) is 36.4 Å². The molecule has 2 rings (SSSR count). The van der Waals surface area contributed by atoms with Gasteiger partial charge in [-0.2, -0.15) is 0 Å². The Balaban J connectivity index is 1.90. The second-order valence-electron chi connectivity index (χ2n) is 4.51. The van der Waals surface area contributed by atoms with E-state index in [0.717, 1.165) is 12.1 Å². The SMILES string of the molecule is COC(=O)c1ccc(OCC(=O)Nc2cc(F)cc(F)c2)cc1. The zero-order chi connectivity index (χ0) is 16.8. The monoisotopic (exact) mass is 321 g/mol. The Morgan fingerprint density at radius 3 is 2.22 bits per heavy atom. The van der Waals surface area contributed by atoms with Gasteiger partial charge in [0.15, 0.2) is 6.61 Å². The molecule has 0 aliphatic rings. The van der Waals surface area contributed by atoms with E-state index < -0.39 is 23.5 Å². The fourth-order valence-corrected chi connectivity index (χ4v) is 1.78. The summed E-state index contributed by atoms with van der Waals surface area (Å²) in [5, 5.41) is 2.31. The number of esters is 1. The van der Waals surface area contributed by atoms with Crippen LogP contribution in [0.3, 0.4) is 0 Å². The number of halogens is 2. The standard InChI is InChI=1S/C16H13F2NO4/c1-22-16(21)10-2-4-14(5-3-10)23-9-15(20)19-13-7-11(17)6-12(18)8-13/h2-8H,9H2,1H3,(H,19,20). The first-order valence-corrected chi connectivity index (χ1v) is 6.55. The predicted octanol–water partition coefficient (Wildman–Crippen LogP) is 2.77. The summed E-state index contributed by atoms with van der Waals surface area (Å²) in [4.78, 5) is 22.9. The van der Waals surface area contributed by atoms with Crippen LogP contribution in [0.25, 0.3) is 0 Å². The van der Waals surface area contributed by atoms with Crippen molar-refractivity contribution < 1.29 is 27.8 Å². The minimum Gasteiger partial charge on any atom is -0.484 e. The Morgan fingerprint density at radius 2 is 1.65 bits per heavy atom. The third-order valence-corrected chi connectivity index (χ3v) is 2.79. The van der Waals surface area contributed by atoms with Crippen molar-refractivity contribution in [2.24, 2.45) is 0 Å². The van der Waals surface area contributed by atoms with Gasteiger partial charge in [0.2, 0.25) is 0 Å². The van der Waals surface area contributed by atoms with Crippen LogP contribution in [0.15, 0.2) is 42.5 Å². The lowest BCUT2D eigenvalue weighted by molar-refractivity contribution is -0.118. The Labute approximate surface area is 130 Å². The smallest absolute Gasteiger partial charge is 0.337 e. The number of hydrogen-bond acceptors (Lipinski definition) is 4. The van der Waals surface area contributed by atoms with Crippen molar-refractivity contribution in [1.29, 1.82) is 0 Å². The molecule has 0 heterocycles. The van der Waals surface area contributed by atoms with E-state index in [2.05, 4.69) is 10.1 Å². The lowest BCUT2D eigenvalue weighted by Gasteiger charge is -2.08. The number of methoxy groups -OCH3 is 1. The number of carbonyl (C=O) groups is 2. The van der Waals surface area contributed by atoms with Crippen LogP contribution < -0.4 is 10.1 Å². The van der Waals surface area contributed by atoms with E-state index in [1.54, 1.807) is 0 Å². The van der Waals surface area contributed by atoms with Crippen LogP contribution in [-0.2, 0) is 9.53 Å². The second kappa shape index (κ2) is 7.35. The summed E-state index contributed by atoms with van der Waals surface area (Å²) in [6.07, 6.45) is 0. The van der Waals surface area contributed by atoms with Gasteiger partial charge in [0.05, 0.1) is 12.7 Å². The highest BCUT2D eigenvalue weighted by molar-refractivity contribution is 5.92. The topological polar surface area (TPSA) is 64.6 Å². The summed E-state index contributed by atoms with van der Waals surface area (Å²) in [5.41, 5.74) is 0.344. The van der Waals surface area contributed by atoms with Crippen LogP contribution in [-0.4, -0.2) is 25.6 Å². The number of hydrogen-bond donors (Lipinski definition) is 1. The quantitative estimate of drug-likeness (QED) is 0.860. The Hall–Kier alpha value is -2.96.